The molecule has 0 spiro atoms. The van der Waals surface area contributed by atoms with Crippen molar-refractivity contribution in [2.24, 2.45) is 0 Å². The van der Waals surface area contributed by atoms with Gasteiger partial charge in [0.25, 0.3) is 5.91 Å². The molecule has 1 saturated heterocycles. The smallest absolute Gasteiger partial charge is 0.416 e. The standard InChI is InChI=1S/C24H14BrF3N2O4S2/c25-17-7-9-19(34-20-8-6-16(24(26,27)28)12-18(20)30(32)33)15(10-17)11-21-22(31)29(23(35)36-21)13-14-4-2-1-3-5-14/h1-12H,13H2/b21-11-. The van der Waals surface area contributed by atoms with E-state index < -0.39 is 22.4 Å². The third kappa shape index (κ3) is 5.77. The summed E-state index contributed by atoms with van der Waals surface area (Å²) < 4.78 is 45.8. The van der Waals surface area contributed by atoms with E-state index in [1.807, 2.05) is 30.3 Å². The number of ether oxygens (including phenoxy) is 1. The van der Waals surface area contributed by atoms with Crippen molar-refractivity contribution in [3.8, 4) is 11.5 Å². The van der Waals surface area contributed by atoms with Crippen LogP contribution in [0, 0.1) is 10.1 Å². The van der Waals surface area contributed by atoms with Crippen molar-refractivity contribution in [2.75, 3.05) is 0 Å². The lowest BCUT2D eigenvalue weighted by Gasteiger charge is -2.14. The molecule has 3 aromatic carbocycles. The number of alkyl halides is 3. The average Bonchev–Trinajstić information content (AvgIpc) is 3.08. The molecule has 1 heterocycles. The number of rotatable bonds is 6. The highest BCUT2D eigenvalue weighted by Gasteiger charge is 2.34. The molecule has 0 aliphatic carbocycles. The molecule has 0 atom stereocenters. The third-order valence-electron chi connectivity index (χ3n) is 5.02. The Bertz CT molecular complexity index is 1400. The summed E-state index contributed by atoms with van der Waals surface area (Å²) in [7, 11) is 0. The molecule has 0 saturated carbocycles. The number of thioether (sulfide) groups is 1. The van der Waals surface area contributed by atoms with E-state index >= 15 is 0 Å². The highest BCUT2D eigenvalue weighted by molar-refractivity contribution is 9.10. The van der Waals surface area contributed by atoms with Gasteiger partial charge in [-0.05, 0) is 42.0 Å². The van der Waals surface area contributed by atoms with Gasteiger partial charge in [0, 0.05) is 16.1 Å². The molecule has 0 radical (unpaired) electrons. The average molecular weight is 595 g/mol. The van der Waals surface area contributed by atoms with Crippen LogP contribution in [0.3, 0.4) is 0 Å². The van der Waals surface area contributed by atoms with E-state index in [-0.39, 0.29) is 17.4 Å². The Morgan fingerprint density at radius 3 is 2.44 bits per heavy atom. The molecule has 1 aliphatic heterocycles. The summed E-state index contributed by atoms with van der Waals surface area (Å²) in [5.41, 5.74) is -0.734. The lowest BCUT2D eigenvalue weighted by molar-refractivity contribution is -0.385. The highest BCUT2D eigenvalue weighted by atomic mass is 79.9. The van der Waals surface area contributed by atoms with Gasteiger partial charge in [0.15, 0.2) is 0 Å². The van der Waals surface area contributed by atoms with Gasteiger partial charge in [0.1, 0.15) is 10.1 Å². The van der Waals surface area contributed by atoms with E-state index in [4.69, 9.17) is 17.0 Å². The number of nitro groups is 1. The highest BCUT2D eigenvalue weighted by Crippen LogP contribution is 2.40. The van der Waals surface area contributed by atoms with Gasteiger partial charge in [0.05, 0.1) is 21.9 Å². The maximum Gasteiger partial charge on any atom is 0.416 e. The number of thiocarbonyl (C=S) groups is 1. The molecule has 6 nitrogen and oxygen atoms in total. The van der Waals surface area contributed by atoms with E-state index in [9.17, 15) is 28.1 Å². The van der Waals surface area contributed by atoms with Gasteiger partial charge in [-0.3, -0.25) is 19.8 Å². The van der Waals surface area contributed by atoms with E-state index in [0.29, 0.717) is 37.9 Å². The van der Waals surface area contributed by atoms with Crippen molar-refractivity contribution in [3.63, 3.8) is 0 Å². The number of carbonyl (C=O) groups is 1. The number of benzene rings is 3. The second kappa shape index (κ2) is 10.4. The summed E-state index contributed by atoms with van der Waals surface area (Å²) in [4.78, 5) is 25.3. The summed E-state index contributed by atoms with van der Waals surface area (Å²) in [5, 5.41) is 11.4. The normalized spacial score (nSPS) is 15.0. The topological polar surface area (TPSA) is 72.7 Å². The predicted octanol–water partition coefficient (Wildman–Crippen LogP) is 7.57. The third-order valence-corrected chi connectivity index (χ3v) is 6.89. The van der Waals surface area contributed by atoms with Gasteiger partial charge in [-0.25, -0.2) is 0 Å². The first kappa shape index (κ1) is 25.9. The van der Waals surface area contributed by atoms with Gasteiger partial charge < -0.3 is 4.74 Å². The lowest BCUT2D eigenvalue weighted by atomic mass is 10.1. The van der Waals surface area contributed by atoms with E-state index in [1.165, 1.54) is 17.0 Å². The number of nitro benzene ring substituents is 1. The Morgan fingerprint density at radius 2 is 1.78 bits per heavy atom. The molecule has 0 aromatic heterocycles. The van der Waals surface area contributed by atoms with Crippen LogP contribution in [0.1, 0.15) is 16.7 Å². The van der Waals surface area contributed by atoms with E-state index in [2.05, 4.69) is 15.9 Å². The van der Waals surface area contributed by atoms with Crippen molar-refractivity contribution in [1.82, 2.24) is 4.90 Å². The first-order valence-electron chi connectivity index (χ1n) is 10.2. The minimum Gasteiger partial charge on any atom is -0.449 e. The maximum atomic E-state index is 13.1. The summed E-state index contributed by atoms with van der Waals surface area (Å²) in [6.07, 6.45) is -3.22. The minimum absolute atomic E-state index is 0.106. The molecule has 12 heteroatoms. The van der Waals surface area contributed by atoms with Gasteiger partial charge >= 0.3 is 11.9 Å². The van der Waals surface area contributed by atoms with Crippen LogP contribution < -0.4 is 4.74 Å². The van der Waals surface area contributed by atoms with Crippen LogP contribution >= 0.6 is 39.9 Å². The van der Waals surface area contributed by atoms with Crippen LogP contribution in [-0.4, -0.2) is 20.1 Å². The Hall–Kier alpha value is -3.22. The molecule has 0 N–H and O–H groups in total. The maximum absolute atomic E-state index is 13.1. The number of carbonyl (C=O) groups excluding carboxylic acids is 1. The molecule has 1 fully saturated rings. The van der Waals surface area contributed by atoms with Crippen molar-refractivity contribution >= 4 is 61.9 Å². The fraction of sp³-hybridized carbons (Fsp3) is 0.0833. The second-order valence-corrected chi connectivity index (χ2v) is 10.1. The fourth-order valence-electron chi connectivity index (χ4n) is 3.31. The van der Waals surface area contributed by atoms with Crippen molar-refractivity contribution < 1.29 is 27.6 Å². The van der Waals surface area contributed by atoms with Crippen molar-refractivity contribution in [1.29, 1.82) is 0 Å². The number of hydrogen-bond acceptors (Lipinski definition) is 6. The Balaban J connectivity index is 1.66. The lowest BCUT2D eigenvalue weighted by Crippen LogP contribution is -2.27. The van der Waals surface area contributed by atoms with Crippen LogP contribution in [0.25, 0.3) is 6.08 Å². The number of hydrogen-bond donors (Lipinski definition) is 0. The molecule has 3 aromatic rings. The largest absolute Gasteiger partial charge is 0.449 e. The van der Waals surface area contributed by atoms with Crippen LogP contribution in [-0.2, 0) is 17.5 Å². The zero-order valence-corrected chi connectivity index (χ0v) is 21.2. The van der Waals surface area contributed by atoms with Crippen molar-refractivity contribution in [3.05, 3.63) is 103 Å². The molecule has 4 rings (SSSR count). The quantitative estimate of drug-likeness (QED) is 0.127. The Labute approximate surface area is 221 Å². The fourth-order valence-corrected chi connectivity index (χ4v) is 4.93. The summed E-state index contributed by atoms with van der Waals surface area (Å²) in [6.45, 7) is 0.294. The predicted molar refractivity (Wildman–Crippen MR) is 137 cm³/mol. The number of nitrogens with zero attached hydrogens (tertiary/aromatic N) is 2. The van der Waals surface area contributed by atoms with Gasteiger partial charge in [0.2, 0.25) is 5.75 Å². The first-order chi connectivity index (χ1) is 17.0. The molecular formula is C24H14BrF3N2O4S2. The SMILES string of the molecule is O=C1/C(=C/c2cc(Br)ccc2Oc2ccc(C(F)(F)F)cc2[N+](=O)[O-])SC(=S)N1Cc1ccccc1. The Kier molecular flexibility index (Phi) is 7.48. The number of halogens is 4. The monoisotopic (exact) mass is 594 g/mol. The first-order valence-corrected chi connectivity index (χ1v) is 12.2. The molecule has 0 unspecified atom stereocenters. The van der Waals surface area contributed by atoms with E-state index in [0.717, 1.165) is 23.4 Å². The van der Waals surface area contributed by atoms with Crippen LogP contribution in [0.4, 0.5) is 18.9 Å². The summed E-state index contributed by atoms with van der Waals surface area (Å²) in [6, 6.07) is 16.1. The van der Waals surface area contributed by atoms with Crippen LogP contribution in [0.15, 0.2) is 76.1 Å². The van der Waals surface area contributed by atoms with Crippen LogP contribution in [0.2, 0.25) is 0 Å². The molecule has 1 aliphatic rings. The van der Waals surface area contributed by atoms with E-state index in [1.54, 1.807) is 12.1 Å². The molecule has 36 heavy (non-hydrogen) atoms. The summed E-state index contributed by atoms with van der Waals surface area (Å²) in [5.74, 6) is -0.587. The van der Waals surface area contributed by atoms with Crippen molar-refractivity contribution in [2.45, 2.75) is 12.7 Å². The summed E-state index contributed by atoms with van der Waals surface area (Å²) >= 11 is 9.81. The molecule has 184 valence electrons. The van der Waals surface area contributed by atoms with Crippen LogP contribution in [0.5, 0.6) is 11.5 Å². The van der Waals surface area contributed by atoms with Gasteiger partial charge in [-0.1, -0.05) is 70.2 Å². The number of amides is 1. The molecular weight excluding hydrogens is 581 g/mol. The zero-order chi connectivity index (χ0) is 26.0. The molecule has 0 bridgehead atoms. The Morgan fingerprint density at radius 1 is 1.08 bits per heavy atom. The second-order valence-electron chi connectivity index (χ2n) is 7.48. The minimum atomic E-state index is -4.75. The van der Waals surface area contributed by atoms with Gasteiger partial charge in [-0.15, -0.1) is 0 Å². The molecule has 1 amide bonds. The van der Waals surface area contributed by atoms with Gasteiger partial charge in [-0.2, -0.15) is 13.2 Å². The zero-order valence-electron chi connectivity index (χ0n) is 18.0.